The third-order valence-corrected chi connectivity index (χ3v) is 5.77. The fourth-order valence-corrected chi connectivity index (χ4v) is 3.88. The van der Waals surface area contributed by atoms with E-state index in [2.05, 4.69) is 20.6 Å². The predicted molar refractivity (Wildman–Crippen MR) is 145 cm³/mol. The maximum Gasteiger partial charge on any atom is 0.407 e. The quantitative estimate of drug-likeness (QED) is 0.241. The van der Waals surface area contributed by atoms with Gasteiger partial charge in [-0.1, -0.05) is 18.2 Å². The van der Waals surface area contributed by atoms with Crippen LogP contribution in [0.4, 0.5) is 21.0 Å². The van der Waals surface area contributed by atoms with E-state index in [-0.39, 0.29) is 35.7 Å². The van der Waals surface area contributed by atoms with Crippen molar-refractivity contribution in [1.82, 2.24) is 20.6 Å². The van der Waals surface area contributed by atoms with Crippen LogP contribution in [0.25, 0.3) is 10.9 Å². The van der Waals surface area contributed by atoms with Crippen LogP contribution in [0.3, 0.4) is 0 Å². The average Bonchev–Trinajstić information content (AvgIpc) is 2.84. The first-order valence-electron chi connectivity index (χ1n) is 12.4. The minimum Gasteiger partial charge on any atom is -0.480 e. The number of nitrogens with zero attached hydrogens (tertiary/aromatic N) is 2. The second kappa shape index (κ2) is 12.4. The normalized spacial score (nSPS) is 12.1. The molecule has 2 aromatic carbocycles. The number of nitrogens with one attached hydrogen (secondary N) is 2. The van der Waals surface area contributed by atoms with Gasteiger partial charge >= 0.3 is 12.1 Å². The van der Waals surface area contributed by atoms with E-state index in [1.807, 2.05) is 0 Å². The van der Waals surface area contributed by atoms with Crippen molar-refractivity contribution in [2.24, 2.45) is 0 Å². The second-order valence-electron chi connectivity index (χ2n) is 10.0. The number of hydrogen-bond acceptors (Lipinski definition) is 8. The summed E-state index contributed by atoms with van der Waals surface area (Å²) in [6, 6.07) is 8.76. The highest BCUT2D eigenvalue weighted by molar-refractivity contribution is 5.96. The first-order valence-corrected chi connectivity index (χ1v) is 12.4. The zero-order chi connectivity index (χ0) is 28.7. The number of amides is 2. The maximum atomic E-state index is 15.0. The highest BCUT2D eigenvalue weighted by Gasteiger charge is 2.21. The number of hydrogen-bond donors (Lipinski definition) is 5. The molecule has 0 unspecified atom stereocenters. The Kier molecular flexibility index (Phi) is 9.23. The lowest BCUT2D eigenvalue weighted by atomic mass is 10.0. The number of alkyl carbamates (subject to hydrolysis) is 1. The smallest absolute Gasteiger partial charge is 0.407 e. The molecule has 0 aliphatic carbocycles. The highest BCUT2D eigenvalue weighted by atomic mass is 19.1. The van der Waals surface area contributed by atoms with E-state index < -0.39 is 35.4 Å². The highest BCUT2D eigenvalue weighted by Crippen LogP contribution is 2.25. The van der Waals surface area contributed by atoms with Gasteiger partial charge in [-0.15, -0.1) is 0 Å². The predicted octanol–water partition coefficient (Wildman–Crippen LogP) is 3.21. The maximum absolute atomic E-state index is 15.0. The summed E-state index contributed by atoms with van der Waals surface area (Å²) in [6.45, 7) is 5.42. The lowest BCUT2D eigenvalue weighted by Gasteiger charge is -2.20. The largest absolute Gasteiger partial charge is 0.480 e. The molecule has 0 bridgehead atoms. The molecule has 39 heavy (non-hydrogen) atoms. The Morgan fingerprint density at radius 3 is 2.38 bits per heavy atom. The number of carboxylic acids is 1. The molecule has 0 fully saturated rings. The van der Waals surface area contributed by atoms with Crippen LogP contribution >= 0.6 is 0 Å². The molecule has 1 aromatic heterocycles. The number of carboxylic acid groups (broad SMARTS) is 1. The number of aliphatic carboxylic acids is 1. The summed E-state index contributed by atoms with van der Waals surface area (Å²) in [5, 5.41) is 14.7. The molecule has 0 aliphatic heterocycles. The molecule has 12 heteroatoms. The van der Waals surface area contributed by atoms with Gasteiger partial charge in [-0.05, 0) is 75.8 Å². The number of aryl methyl sites for hydroxylation is 2. The van der Waals surface area contributed by atoms with E-state index in [1.165, 1.54) is 0 Å². The number of ether oxygens (including phenoxy) is 1. The van der Waals surface area contributed by atoms with Gasteiger partial charge in [0.1, 0.15) is 23.3 Å². The van der Waals surface area contributed by atoms with Crippen LogP contribution in [0.2, 0.25) is 0 Å². The molecule has 7 N–H and O–H groups in total. The van der Waals surface area contributed by atoms with Gasteiger partial charge in [0.2, 0.25) is 5.95 Å². The van der Waals surface area contributed by atoms with E-state index in [0.717, 1.165) is 5.56 Å². The van der Waals surface area contributed by atoms with Gasteiger partial charge in [-0.3, -0.25) is 4.79 Å². The molecule has 3 rings (SSSR count). The van der Waals surface area contributed by atoms with E-state index in [1.54, 1.807) is 57.2 Å². The number of rotatable bonds is 10. The summed E-state index contributed by atoms with van der Waals surface area (Å²) in [5.41, 5.74) is 12.7. The summed E-state index contributed by atoms with van der Waals surface area (Å²) in [4.78, 5) is 43.8. The molecule has 208 valence electrons. The number of anilines is 2. The van der Waals surface area contributed by atoms with Crippen molar-refractivity contribution in [3.63, 3.8) is 0 Å². The Balaban J connectivity index is 1.54. The van der Waals surface area contributed by atoms with Crippen LogP contribution in [0.15, 0.2) is 36.4 Å². The molecule has 3 aromatic rings. The number of carbonyl (C=O) groups excluding carboxylic acids is 2. The van der Waals surface area contributed by atoms with Gasteiger partial charge in [-0.25, -0.2) is 19.0 Å². The fraction of sp³-hybridized carbons (Fsp3) is 0.370. The zero-order valence-corrected chi connectivity index (χ0v) is 22.1. The number of nitrogen functional groups attached to an aromatic ring is 2. The SMILES string of the molecule is CC(C)(C)OC(=O)NCCC[C@H](NC(=O)c1ccc(CCc2ccc3nc(N)nc(N)c3c2F)cc1)C(=O)O. The summed E-state index contributed by atoms with van der Waals surface area (Å²) in [5.74, 6) is -2.26. The fourth-order valence-electron chi connectivity index (χ4n) is 3.88. The molecule has 0 aliphatic rings. The van der Waals surface area contributed by atoms with Crippen LogP contribution in [0.5, 0.6) is 0 Å². The Morgan fingerprint density at radius 1 is 1.05 bits per heavy atom. The third kappa shape index (κ3) is 8.25. The molecule has 2 amide bonds. The Hall–Kier alpha value is -4.48. The topological polar surface area (TPSA) is 183 Å². The van der Waals surface area contributed by atoms with Crippen molar-refractivity contribution in [3.8, 4) is 0 Å². The average molecular weight is 541 g/mol. The standard InChI is InChI=1S/C27H33FN6O5/c1-27(2,3)39-26(38)31-14-4-5-19(24(36)37)32-23(35)17-10-7-15(8-11-17)6-9-16-12-13-18-20(21(16)28)22(29)34-25(30)33-18/h7-8,10-13,19H,4-6,9,14H2,1-3H3,(H,31,38)(H,32,35)(H,36,37)(H4,29,30,33,34)/t19-/m0/s1. The number of carbonyl (C=O) groups is 3. The van der Waals surface area contributed by atoms with E-state index in [9.17, 15) is 19.5 Å². The van der Waals surface area contributed by atoms with Crippen molar-refractivity contribution in [2.75, 3.05) is 18.0 Å². The summed E-state index contributed by atoms with van der Waals surface area (Å²) < 4.78 is 20.1. The van der Waals surface area contributed by atoms with E-state index in [0.29, 0.717) is 30.3 Å². The van der Waals surface area contributed by atoms with Crippen molar-refractivity contribution in [3.05, 3.63) is 58.9 Å². The molecule has 1 heterocycles. The summed E-state index contributed by atoms with van der Waals surface area (Å²) >= 11 is 0. The Labute approximate surface area is 225 Å². The number of benzene rings is 2. The van der Waals surface area contributed by atoms with Gasteiger partial charge in [0, 0.05) is 12.1 Å². The molecular formula is C27H33FN6O5. The van der Waals surface area contributed by atoms with Crippen molar-refractivity contribution in [1.29, 1.82) is 0 Å². The lowest BCUT2D eigenvalue weighted by Crippen LogP contribution is -2.41. The van der Waals surface area contributed by atoms with Crippen LogP contribution in [-0.2, 0) is 22.4 Å². The first kappa shape index (κ1) is 29.1. The molecule has 0 spiro atoms. The van der Waals surface area contributed by atoms with Gasteiger partial charge in [0.25, 0.3) is 5.91 Å². The second-order valence-corrected chi connectivity index (χ2v) is 10.0. The monoisotopic (exact) mass is 540 g/mol. The molecule has 0 saturated heterocycles. The Morgan fingerprint density at radius 2 is 1.74 bits per heavy atom. The molecule has 0 saturated carbocycles. The van der Waals surface area contributed by atoms with Crippen LogP contribution in [0.1, 0.15) is 55.1 Å². The van der Waals surface area contributed by atoms with Gasteiger partial charge in [0.15, 0.2) is 0 Å². The minimum atomic E-state index is -1.18. The molecule has 1 atom stereocenters. The Bertz CT molecular complexity index is 1360. The number of nitrogens with two attached hydrogens (primary N) is 2. The van der Waals surface area contributed by atoms with Gasteiger partial charge in [0.05, 0.1) is 10.9 Å². The third-order valence-electron chi connectivity index (χ3n) is 5.77. The molecule has 11 nitrogen and oxygen atoms in total. The number of fused-ring (bicyclic) bond motifs is 1. The molecule has 0 radical (unpaired) electrons. The van der Waals surface area contributed by atoms with E-state index >= 15 is 4.39 Å². The zero-order valence-electron chi connectivity index (χ0n) is 22.1. The number of aromatic nitrogens is 2. The summed E-state index contributed by atoms with van der Waals surface area (Å²) in [6.07, 6.45) is 0.712. The minimum absolute atomic E-state index is 0.0221. The van der Waals surface area contributed by atoms with Crippen LogP contribution in [0, 0.1) is 5.82 Å². The summed E-state index contributed by atoms with van der Waals surface area (Å²) in [7, 11) is 0. The number of halogens is 1. The van der Waals surface area contributed by atoms with Crippen LogP contribution in [-0.4, -0.2) is 51.2 Å². The van der Waals surface area contributed by atoms with Crippen LogP contribution < -0.4 is 22.1 Å². The lowest BCUT2D eigenvalue weighted by molar-refractivity contribution is -0.139. The van der Waals surface area contributed by atoms with Gasteiger partial charge in [-0.2, -0.15) is 4.98 Å². The van der Waals surface area contributed by atoms with Crippen molar-refractivity contribution in [2.45, 2.75) is 58.1 Å². The van der Waals surface area contributed by atoms with Crippen molar-refractivity contribution < 1.29 is 28.6 Å². The van der Waals surface area contributed by atoms with E-state index in [4.69, 9.17) is 16.2 Å². The molecular weight excluding hydrogens is 507 g/mol. The first-order chi connectivity index (χ1) is 18.3. The van der Waals surface area contributed by atoms with Gasteiger partial charge < -0.3 is 31.9 Å². The van der Waals surface area contributed by atoms with Crippen molar-refractivity contribution >= 4 is 40.6 Å².